The summed E-state index contributed by atoms with van der Waals surface area (Å²) >= 11 is 0. The lowest BCUT2D eigenvalue weighted by atomic mass is 9.60. The van der Waals surface area contributed by atoms with Gasteiger partial charge in [0.15, 0.2) is 11.9 Å². The fourth-order valence-corrected chi connectivity index (χ4v) is 7.43. The van der Waals surface area contributed by atoms with Crippen LogP contribution in [-0.2, 0) is 42.9 Å². The number of aliphatic hydroxyl groups is 1. The molecule has 0 radical (unpaired) electrons. The molecule has 14 nitrogen and oxygen atoms in total. The zero-order valence-corrected chi connectivity index (χ0v) is 38.3. The molecular formula is C48H66N2O12. The van der Waals surface area contributed by atoms with E-state index in [0.717, 1.165) is 24.2 Å². The molecule has 0 spiro atoms. The summed E-state index contributed by atoms with van der Waals surface area (Å²) in [5.41, 5.74) is -1.14. The van der Waals surface area contributed by atoms with Crippen molar-refractivity contribution in [3.63, 3.8) is 0 Å². The molecule has 340 valence electrons. The molecule has 2 unspecified atom stereocenters. The fraction of sp³-hybridized carbons (Fsp3) is 0.542. The van der Waals surface area contributed by atoms with Gasteiger partial charge in [-0.25, -0.2) is 9.59 Å². The minimum atomic E-state index is -1.48. The Kier molecular flexibility index (Phi) is 17.8. The van der Waals surface area contributed by atoms with Gasteiger partial charge in [-0.15, -0.1) is 0 Å². The number of methoxy groups -OCH3 is 1. The first-order chi connectivity index (χ1) is 28.8. The zero-order valence-electron chi connectivity index (χ0n) is 38.3. The number of rotatable bonds is 11. The number of esters is 4. The van der Waals surface area contributed by atoms with Crippen LogP contribution in [0.3, 0.4) is 0 Å². The number of carbonyl (C=O) groups is 6. The van der Waals surface area contributed by atoms with Crippen LogP contribution in [0.15, 0.2) is 84.1 Å². The van der Waals surface area contributed by atoms with E-state index in [1.54, 1.807) is 37.3 Å². The molecule has 2 amide bonds. The minimum absolute atomic E-state index is 0.00206. The maximum absolute atomic E-state index is 13.2. The van der Waals surface area contributed by atoms with Gasteiger partial charge in [0.2, 0.25) is 0 Å². The molecule has 7 atom stereocenters. The maximum Gasteiger partial charge on any atom is 0.338 e. The summed E-state index contributed by atoms with van der Waals surface area (Å²) in [6.07, 6.45) is 4.01. The monoisotopic (exact) mass is 862 g/mol. The van der Waals surface area contributed by atoms with Gasteiger partial charge in [0, 0.05) is 42.6 Å². The number of Topliss-reactive ketones (excluding diaryl/α,β-unsaturated/α-hetero) is 1. The van der Waals surface area contributed by atoms with Crippen LogP contribution in [0.4, 0.5) is 4.79 Å². The normalized spacial score (nSPS) is 24.3. The topological polar surface area (TPSA) is 193 Å². The number of allylic oxidation sites excluding steroid dienone is 2. The highest BCUT2D eigenvalue weighted by atomic mass is 16.6. The van der Waals surface area contributed by atoms with Crippen molar-refractivity contribution in [2.75, 3.05) is 20.3 Å². The molecular weight excluding hydrogens is 797 g/mol. The van der Waals surface area contributed by atoms with Crippen LogP contribution >= 0.6 is 0 Å². The Balaban J connectivity index is 0.000000381. The second-order valence-corrected chi connectivity index (χ2v) is 18.0. The van der Waals surface area contributed by atoms with E-state index in [-0.39, 0.29) is 43.2 Å². The lowest BCUT2D eigenvalue weighted by Gasteiger charge is -2.50. The Hall–Kier alpha value is -5.34. The summed E-state index contributed by atoms with van der Waals surface area (Å²) in [5.74, 6) is -1.18. The molecule has 2 aromatic carbocycles. The van der Waals surface area contributed by atoms with Crippen molar-refractivity contribution in [1.82, 2.24) is 10.6 Å². The highest BCUT2D eigenvalue weighted by Gasteiger charge is 2.53. The molecule has 1 fully saturated rings. The maximum atomic E-state index is 13.2. The third-order valence-corrected chi connectivity index (χ3v) is 11.7. The first-order valence-corrected chi connectivity index (χ1v) is 20.9. The average molecular weight is 863 g/mol. The van der Waals surface area contributed by atoms with E-state index >= 15 is 0 Å². The van der Waals surface area contributed by atoms with Crippen molar-refractivity contribution in [2.45, 2.75) is 125 Å². The zero-order chi connectivity index (χ0) is 46.6. The van der Waals surface area contributed by atoms with Crippen LogP contribution in [0.1, 0.15) is 117 Å². The Morgan fingerprint density at radius 3 is 2.02 bits per heavy atom. The molecule has 0 bridgehead atoms. The van der Waals surface area contributed by atoms with E-state index < -0.39 is 58.1 Å². The number of benzene rings is 2. The fourth-order valence-electron chi connectivity index (χ4n) is 7.43. The number of ether oxygens (including phenoxy) is 5. The molecule has 1 heterocycles. The summed E-state index contributed by atoms with van der Waals surface area (Å²) in [6, 6.07) is 16.8. The van der Waals surface area contributed by atoms with Gasteiger partial charge in [0.1, 0.15) is 18.0 Å². The van der Waals surface area contributed by atoms with Crippen LogP contribution in [0.25, 0.3) is 0 Å². The Morgan fingerprint density at radius 2 is 1.52 bits per heavy atom. The molecule has 5 rings (SSSR count). The number of hydrogen-bond donors (Lipinski definition) is 3. The lowest BCUT2D eigenvalue weighted by Crippen LogP contribution is -2.55. The van der Waals surface area contributed by atoms with E-state index in [2.05, 4.69) is 15.4 Å². The van der Waals surface area contributed by atoms with E-state index in [0.29, 0.717) is 17.2 Å². The van der Waals surface area contributed by atoms with Gasteiger partial charge < -0.3 is 39.4 Å². The van der Waals surface area contributed by atoms with Crippen molar-refractivity contribution < 1.29 is 57.6 Å². The average Bonchev–Trinajstić information content (AvgIpc) is 3.19. The smallest absolute Gasteiger partial charge is 0.338 e. The minimum Gasteiger partial charge on any atom is -0.469 e. The second kappa shape index (κ2) is 21.6. The molecule has 0 aromatic heterocycles. The first-order valence-electron chi connectivity index (χ1n) is 20.9. The van der Waals surface area contributed by atoms with E-state index in [4.69, 9.17) is 18.9 Å². The SMILES string of the molecule is CC(=O)O[C@H](C)C(=O)[C@]1(C)C=C[C@H]2OCC2C1.CC1=C(OC(=O)C[C@@H](NC(=O)NC(C)(C)C)c2ccccc2)C[C@@](O)(COC(=O)c2ccccc2)C(C)(C)C1C.COC(C)=O. The van der Waals surface area contributed by atoms with Crippen LogP contribution in [0.5, 0.6) is 0 Å². The predicted octanol–water partition coefficient (Wildman–Crippen LogP) is 7.35. The molecule has 2 aromatic rings. The van der Waals surface area contributed by atoms with Crippen LogP contribution in [-0.4, -0.2) is 84.5 Å². The highest BCUT2D eigenvalue weighted by molar-refractivity contribution is 5.91. The Bertz CT molecular complexity index is 1950. The molecule has 3 N–H and O–H groups in total. The lowest BCUT2D eigenvalue weighted by molar-refractivity contribution is -0.157. The Labute approximate surface area is 366 Å². The van der Waals surface area contributed by atoms with E-state index in [9.17, 15) is 33.9 Å². The van der Waals surface area contributed by atoms with Gasteiger partial charge in [0.05, 0.1) is 37.8 Å². The number of fused-ring (bicyclic) bond motifs is 1. The molecule has 0 saturated carbocycles. The van der Waals surface area contributed by atoms with E-state index in [1.807, 2.05) is 97.9 Å². The molecule has 2 aliphatic carbocycles. The number of hydrogen-bond acceptors (Lipinski definition) is 12. The van der Waals surface area contributed by atoms with Crippen molar-refractivity contribution in [3.8, 4) is 0 Å². The highest BCUT2D eigenvalue weighted by Crippen LogP contribution is 2.50. The summed E-state index contributed by atoms with van der Waals surface area (Å²) < 4.78 is 25.8. The number of amides is 2. The summed E-state index contributed by atoms with van der Waals surface area (Å²) in [7, 11) is 1.35. The van der Waals surface area contributed by atoms with Crippen molar-refractivity contribution in [3.05, 3.63) is 95.3 Å². The van der Waals surface area contributed by atoms with Gasteiger partial charge in [-0.3, -0.25) is 19.2 Å². The summed E-state index contributed by atoms with van der Waals surface area (Å²) in [6.45, 7) is 20.0. The predicted molar refractivity (Wildman–Crippen MR) is 232 cm³/mol. The van der Waals surface area contributed by atoms with Crippen LogP contribution in [0.2, 0.25) is 0 Å². The van der Waals surface area contributed by atoms with Gasteiger partial charge in [-0.2, -0.15) is 0 Å². The van der Waals surface area contributed by atoms with Gasteiger partial charge in [-0.1, -0.05) is 81.5 Å². The number of ketones is 1. The second-order valence-electron chi connectivity index (χ2n) is 18.0. The third-order valence-electron chi connectivity index (χ3n) is 11.7. The summed E-state index contributed by atoms with van der Waals surface area (Å²) in [4.78, 5) is 71.2. The third kappa shape index (κ3) is 14.1. The number of urea groups is 1. The first kappa shape index (κ1) is 51.0. The Morgan fingerprint density at radius 1 is 0.935 bits per heavy atom. The van der Waals surface area contributed by atoms with Crippen LogP contribution in [0, 0.1) is 22.7 Å². The van der Waals surface area contributed by atoms with Gasteiger partial charge in [-0.05, 0) is 77.2 Å². The quantitative estimate of drug-likeness (QED) is 0.116. The largest absolute Gasteiger partial charge is 0.469 e. The molecule has 62 heavy (non-hydrogen) atoms. The molecule has 3 aliphatic rings. The standard InChI is InChI=1S/C32H42N2O6.C13H18O4.C3H6O2/c1-21-22(2)31(6,7)32(38,20-39-28(36)24-16-12-9-13-17-24)19-26(21)40-27(35)18-25(23-14-10-8-11-15-23)33-29(37)34-30(3,4)5;1-8(17-9(2)14)12(15)13(3)5-4-11-10(6-13)7-16-11;1-3(4)5-2/h8-17,22,25,38H,18-20H2,1-7H3,(H2,33,34,37);4-5,8,10-11H,6-7H2,1-3H3;1-2H3/t22?,25-,32-;8-,10?,11-,13-;/m11./s1. The van der Waals surface area contributed by atoms with Crippen molar-refractivity contribution in [2.24, 2.45) is 22.7 Å². The van der Waals surface area contributed by atoms with Crippen LogP contribution < -0.4 is 10.6 Å². The van der Waals surface area contributed by atoms with Gasteiger partial charge >= 0.3 is 29.9 Å². The molecule has 1 aliphatic heterocycles. The number of nitrogens with one attached hydrogen (secondary N) is 2. The number of carbonyl (C=O) groups excluding carboxylic acids is 6. The van der Waals surface area contributed by atoms with Crippen molar-refractivity contribution >= 4 is 35.7 Å². The van der Waals surface area contributed by atoms with Gasteiger partial charge in [0.25, 0.3) is 0 Å². The molecule has 14 heteroatoms. The summed E-state index contributed by atoms with van der Waals surface area (Å²) in [5, 5.41) is 17.5. The molecule has 1 saturated heterocycles. The van der Waals surface area contributed by atoms with Crippen molar-refractivity contribution in [1.29, 1.82) is 0 Å². The van der Waals surface area contributed by atoms with E-state index in [1.165, 1.54) is 21.0 Å².